The normalized spacial score (nSPS) is 11.4. The van der Waals surface area contributed by atoms with Gasteiger partial charge in [-0.05, 0) is 55.5 Å². The highest BCUT2D eigenvalue weighted by Crippen LogP contribution is 2.26. The zero-order chi connectivity index (χ0) is 23.3. The third kappa shape index (κ3) is 5.81. The topological polar surface area (TPSA) is 75.7 Å². The molecule has 1 amide bonds. The van der Waals surface area contributed by atoms with Crippen molar-refractivity contribution in [2.75, 3.05) is 19.0 Å². The van der Waals surface area contributed by atoms with Gasteiger partial charge in [-0.15, -0.1) is 0 Å². The van der Waals surface area contributed by atoms with E-state index < -0.39 is 10.0 Å². The fraction of sp³-hybridized carbons (Fsp3) is 0.174. The zero-order valence-electron chi connectivity index (χ0n) is 17.5. The molecule has 0 saturated carbocycles. The van der Waals surface area contributed by atoms with Gasteiger partial charge in [0, 0.05) is 40.5 Å². The lowest BCUT2D eigenvalue weighted by Crippen LogP contribution is -2.27. The minimum absolute atomic E-state index is 0.0245. The van der Waals surface area contributed by atoms with Crippen LogP contribution in [-0.4, -0.2) is 32.3 Å². The van der Waals surface area contributed by atoms with Gasteiger partial charge in [0.05, 0.1) is 11.5 Å². The van der Waals surface area contributed by atoms with Crippen LogP contribution < -0.4 is 10.1 Å². The molecule has 3 aromatic carbocycles. The molecule has 3 aromatic rings. The molecule has 0 spiro atoms. The number of amides is 1. The van der Waals surface area contributed by atoms with Crippen LogP contribution in [0.25, 0.3) is 0 Å². The number of hydrogen-bond acceptors (Lipinski definition) is 4. The van der Waals surface area contributed by atoms with Crippen LogP contribution in [0.4, 0.5) is 5.69 Å². The summed E-state index contributed by atoms with van der Waals surface area (Å²) in [6.45, 7) is 2.25. The molecule has 168 valence electrons. The van der Waals surface area contributed by atoms with Crippen LogP contribution in [0.15, 0.2) is 71.6 Å². The smallest absolute Gasteiger partial charge is 0.255 e. The fourth-order valence-electron chi connectivity index (χ4n) is 3.07. The van der Waals surface area contributed by atoms with Crippen molar-refractivity contribution in [2.24, 2.45) is 0 Å². The van der Waals surface area contributed by atoms with Crippen molar-refractivity contribution in [1.82, 2.24) is 4.31 Å². The first-order chi connectivity index (χ1) is 15.2. The molecule has 0 bridgehead atoms. The van der Waals surface area contributed by atoms with Crippen LogP contribution in [0.5, 0.6) is 5.75 Å². The molecule has 1 N–H and O–H groups in total. The lowest BCUT2D eigenvalue weighted by Gasteiger charge is -2.20. The van der Waals surface area contributed by atoms with Crippen molar-refractivity contribution in [3.05, 3.63) is 87.9 Å². The van der Waals surface area contributed by atoms with Crippen LogP contribution >= 0.6 is 23.2 Å². The molecule has 0 aliphatic heterocycles. The Labute approximate surface area is 197 Å². The maximum Gasteiger partial charge on any atom is 0.255 e. The summed E-state index contributed by atoms with van der Waals surface area (Å²) < 4.78 is 32.7. The number of carbonyl (C=O) groups is 1. The number of sulfonamides is 1. The number of halogens is 2. The highest BCUT2D eigenvalue weighted by atomic mass is 35.5. The second-order valence-electron chi connectivity index (χ2n) is 6.94. The second-order valence-corrected chi connectivity index (χ2v) is 9.86. The number of nitrogens with one attached hydrogen (secondary N) is 1. The van der Waals surface area contributed by atoms with E-state index in [1.165, 1.54) is 23.5 Å². The lowest BCUT2D eigenvalue weighted by molar-refractivity contribution is 0.102. The number of carbonyl (C=O) groups excluding carboxylic acids is 1. The van der Waals surface area contributed by atoms with Crippen molar-refractivity contribution < 1.29 is 17.9 Å². The Kier molecular flexibility index (Phi) is 7.79. The van der Waals surface area contributed by atoms with Crippen molar-refractivity contribution in [1.29, 1.82) is 0 Å². The molecule has 0 saturated heterocycles. The molecule has 0 heterocycles. The number of anilines is 1. The minimum atomic E-state index is -3.71. The summed E-state index contributed by atoms with van der Waals surface area (Å²) in [6.07, 6.45) is 0. The van der Waals surface area contributed by atoms with E-state index in [1.807, 2.05) is 6.92 Å². The standard InChI is InChI=1S/C23H22Cl2N2O4S/c1-3-31-22-10-9-16(23(28)26-20-13-18(24)12-19(25)14-20)11-17(22)15-27(2)32(29,30)21-7-5-4-6-8-21/h4-14H,3,15H2,1-2H3,(H,26,28). The number of ether oxygens (including phenoxy) is 1. The van der Waals surface area contributed by atoms with Crippen LogP contribution in [0.2, 0.25) is 10.0 Å². The average Bonchev–Trinajstić information content (AvgIpc) is 2.74. The Balaban J connectivity index is 1.88. The van der Waals surface area contributed by atoms with Crippen LogP contribution in [0.3, 0.4) is 0 Å². The van der Waals surface area contributed by atoms with Crippen molar-refractivity contribution in [3.63, 3.8) is 0 Å². The van der Waals surface area contributed by atoms with Gasteiger partial charge in [0.15, 0.2) is 0 Å². The van der Waals surface area contributed by atoms with E-state index in [0.717, 1.165) is 0 Å². The van der Waals surface area contributed by atoms with E-state index in [9.17, 15) is 13.2 Å². The van der Waals surface area contributed by atoms with Gasteiger partial charge >= 0.3 is 0 Å². The van der Waals surface area contributed by atoms with E-state index >= 15 is 0 Å². The first-order valence-corrected chi connectivity index (χ1v) is 11.9. The van der Waals surface area contributed by atoms with Crippen LogP contribution in [-0.2, 0) is 16.6 Å². The Morgan fingerprint density at radius 3 is 2.28 bits per heavy atom. The minimum Gasteiger partial charge on any atom is -0.494 e. The van der Waals surface area contributed by atoms with Gasteiger partial charge in [0.1, 0.15) is 5.75 Å². The Bertz CT molecular complexity index is 1200. The summed E-state index contributed by atoms with van der Waals surface area (Å²) in [5.41, 5.74) is 1.35. The van der Waals surface area contributed by atoms with E-state index in [2.05, 4.69) is 5.32 Å². The number of hydrogen-bond donors (Lipinski definition) is 1. The summed E-state index contributed by atoms with van der Waals surface area (Å²) in [7, 11) is -2.23. The summed E-state index contributed by atoms with van der Waals surface area (Å²) in [5, 5.41) is 3.54. The molecule has 0 atom stereocenters. The van der Waals surface area contributed by atoms with Gasteiger partial charge in [-0.3, -0.25) is 4.79 Å². The first-order valence-electron chi connectivity index (χ1n) is 9.75. The monoisotopic (exact) mass is 492 g/mol. The molecular formula is C23H22Cl2N2O4S. The van der Waals surface area contributed by atoms with Gasteiger partial charge in [-0.25, -0.2) is 8.42 Å². The summed E-state index contributed by atoms with van der Waals surface area (Å²) in [4.78, 5) is 13.0. The molecular weight excluding hydrogens is 471 g/mol. The van der Waals surface area contributed by atoms with E-state index in [-0.39, 0.29) is 17.3 Å². The van der Waals surface area contributed by atoms with Crippen molar-refractivity contribution >= 4 is 44.8 Å². The largest absolute Gasteiger partial charge is 0.494 e. The van der Waals surface area contributed by atoms with Gasteiger partial charge in [0.25, 0.3) is 5.91 Å². The third-order valence-corrected chi connectivity index (χ3v) is 6.84. The molecule has 0 aliphatic rings. The highest BCUT2D eigenvalue weighted by Gasteiger charge is 2.22. The van der Waals surface area contributed by atoms with E-state index in [0.29, 0.717) is 39.2 Å². The fourth-order valence-corrected chi connectivity index (χ4v) is 4.76. The van der Waals surface area contributed by atoms with Gasteiger partial charge < -0.3 is 10.1 Å². The number of rotatable bonds is 8. The SMILES string of the molecule is CCOc1ccc(C(=O)Nc2cc(Cl)cc(Cl)c2)cc1CN(C)S(=O)(=O)c1ccccc1. The number of nitrogens with zero attached hydrogens (tertiary/aromatic N) is 1. The summed E-state index contributed by atoms with van der Waals surface area (Å²) >= 11 is 12.0. The van der Waals surface area contributed by atoms with E-state index in [4.69, 9.17) is 27.9 Å². The van der Waals surface area contributed by atoms with Crippen LogP contribution in [0.1, 0.15) is 22.8 Å². The highest BCUT2D eigenvalue weighted by molar-refractivity contribution is 7.89. The average molecular weight is 493 g/mol. The predicted molar refractivity (Wildman–Crippen MR) is 127 cm³/mol. The van der Waals surface area contributed by atoms with Crippen LogP contribution in [0, 0.1) is 0 Å². The summed E-state index contributed by atoms with van der Waals surface area (Å²) in [5.74, 6) is 0.117. The molecule has 0 fully saturated rings. The molecule has 3 rings (SSSR count). The zero-order valence-corrected chi connectivity index (χ0v) is 19.8. The van der Waals surface area contributed by atoms with E-state index in [1.54, 1.807) is 54.6 Å². The molecule has 9 heteroatoms. The molecule has 0 aromatic heterocycles. The predicted octanol–water partition coefficient (Wildman–Crippen LogP) is 5.47. The molecule has 0 aliphatic carbocycles. The van der Waals surface area contributed by atoms with Crippen molar-refractivity contribution in [3.8, 4) is 5.75 Å². The maximum absolute atomic E-state index is 12.9. The van der Waals surface area contributed by atoms with Gasteiger partial charge in [-0.2, -0.15) is 4.31 Å². The molecule has 0 radical (unpaired) electrons. The van der Waals surface area contributed by atoms with Crippen molar-refractivity contribution in [2.45, 2.75) is 18.4 Å². The second kappa shape index (κ2) is 10.4. The maximum atomic E-state index is 12.9. The van der Waals surface area contributed by atoms with Gasteiger partial charge in [0.2, 0.25) is 10.0 Å². The number of benzene rings is 3. The Morgan fingerprint density at radius 1 is 1.00 bits per heavy atom. The third-order valence-electron chi connectivity index (χ3n) is 4.59. The molecule has 6 nitrogen and oxygen atoms in total. The van der Waals surface area contributed by atoms with Gasteiger partial charge in [-0.1, -0.05) is 41.4 Å². The first kappa shape index (κ1) is 24.1. The Hall–Kier alpha value is -2.58. The quantitative estimate of drug-likeness (QED) is 0.452. The molecule has 32 heavy (non-hydrogen) atoms. The lowest BCUT2D eigenvalue weighted by atomic mass is 10.1. The molecule has 0 unspecified atom stereocenters. The Morgan fingerprint density at radius 2 is 1.66 bits per heavy atom. The summed E-state index contributed by atoms with van der Waals surface area (Å²) in [6, 6.07) is 17.8.